The highest BCUT2D eigenvalue weighted by Crippen LogP contribution is 2.17. The molecule has 24 heavy (non-hydrogen) atoms. The summed E-state index contributed by atoms with van der Waals surface area (Å²) in [5.41, 5.74) is 0.652. The van der Waals surface area contributed by atoms with E-state index in [9.17, 15) is 17.6 Å². The number of carbonyl (C=O) groups is 1. The number of benzene rings is 2. The van der Waals surface area contributed by atoms with Crippen LogP contribution in [0.3, 0.4) is 0 Å². The standard InChI is InChI=1S/C16H17FN2O3S2/c1-23-14-6-4-13(5-7-14)19-16(20)10-11-18-24(21,22)15-8-2-12(17)3-9-15/h2-9,18H,10-11H2,1H3,(H,19,20). The number of halogens is 1. The van der Waals surface area contributed by atoms with Crippen LogP contribution in [0.5, 0.6) is 0 Å². The zero-order valence-corrected chi connectivity index (χ0v) is 14.6. The van der Waals surface area contributed by atoms with Crippen LogP contribution >= 0.6 is 11.8 Å². The molecule has 128 valence electrons. The van der Waals surface area contributed by atoms with E-state index in [-0.39, 0.29) is 23.8 Å². The molecule has 0 heterocycles. The van der Waals surface area contributed by atoms with Gasteiger partial charge in [-0.25, -0.2) is 17.5 Å². The highest BCUT2D eigenvalue weighted by Gasteiger charge is 2.14. The number of thioether (sulfide) groups is 1. The van der Waals surface area contributed by atoms with Gasteiger partial charge in [0.1, 0.15) is 5.82 Å². The largest absolute Gasteiger partial charge is 0.326 e. The molecule has 0 atom stereocenters. The van der Waals surface area contributed by atoms with E-state index in [0.717, 1.165) is 17.0 Å². The Kier molecular flexibility index (Phi) is 6.36. The molecule has 2 rings (SSSR count). The third-order valence-electron chi connectivity index (χ3n) is 3.14. The molecule has 2 aromatic carbocycles. The van der Waals surface area contributed by atoms with Crippen molar-refractivity contribution in [1.82, 2.24) is 4.72 Å². The second-order valence-electron chi connectivity index (χ2n) is 4.88. The van der Waals surface area contributed by atoms with Crippen LogP contribution in [-0.2, 0) is 14.8 Å². The fourth-order valence-electron chi connectivity index (χ4n) is 1.89. The minimum Gasteiger partial charge on any atom is -0.326 e. The first-order valence-electron chi connectivity index (χ1n) is 7.10. The molecule has 2 N–H and O–H groups in total. The highest BCUT2D eigenvalue weighted by molar-refractivity contribution is 7.98. The minimum atomic E-state index is -3.75. The molecule has 2 aromatic rings. The van der Waals surface area contributed by atoms with E-state index in [4.69, 9.17) is 0 Å². The zero-order chi connectivity index (χ0) is 17.6. The predicted molar refractivity (Wildman–Crippen MR) is 93.1 cm³/mol. The van der Waals surface area contributed by atoms with E-state index >= 15 is 0 Å². The Labute approximate surface area is 144 Å². The van der Waals surface area contributed by atoms with Crippen LogP contribution in [0.15, 0.2) is 58.3 Å². The quantitative estimate of drug-likeness (QED) is 0.737. The summed E-state index contributed by atoms with van der Waals surface area (Å²) in [6, 6.07) is 11.8. The van der Waals surface area contributed by atoms with Crippen molar-refractivity contribution in [1.29, 1.82) is 0 Å². The van der Waals surface area contributed by atoms with Crippen LogP contribution < -0.4 is 10.0 Å². The molecular formula is C16H17FN2O3S2. The number of amides is 1. The lowest BCUT2D eigenvalue weighted by molar-refractivity contribution is -0.116. The lowest BCUT2D eigenvalue weighted by Gasteiger charge is -2.08. The van der Waals surface area contributed by atoms with Crippen molar-refractivity contribution in [3.05, 3.63) is 54.3 Å². The Morgan fingerprint density at radius 3 is 2.29 bits per heavy atom. The van der Waals surface area contributed by atoms with E-state index in [1.165, 1.54) is 12.1 Å². The van der Waals surface area contributed by atoms with Crippen molar-refractivity contribution in [2.45, 2.75) is 16.2 Å². The van der Waals surface area contributed by atoms with Crippen LogP contribution in [0.4, 0.5) is 10.1 Å². The molecule has 0 fully saturated rings. The van der Waals surface area contributed by atoms with Gasteiger partial charge < -0.3 is 5.32 Å². The van der Waals surface area contributed by atoms with Crippen molar-refractivity contribution < 1.29 is 17.6 Å². The molecule has 0 aliphatic rings. The van der Waals surface area contributed by atoms with Crippen LogP contribution in [0.25, 0.3) is 0 Å². The molecule has 0 saturated heterocycles. The van der Waals surface area contributed by atoms with E-state index in [1.807, 2.05) is 18.4 Å². The van der Waals surface area contributed by atoms with E-state index < -0.39 is 15.8 Å². The molecule has 0 unspecified atom stereocenters. The van der Waals surface area contributed by atoms with Gasteiger partial charge in [-0.3, -0.25) is 4.79 Å². The Morgan fingerprint density at radius 2 is 1.71 bits per heavy atom. The SMILES string of the molecule is CSc1ccc(NC(=O)CCNS(=O)(=O)c2ccc(F)cc2)cc1. The lowest BCUT2D eigenvalue weighted by atomic mass is 10.3. The van der Waals surface area contributed by atoms with Crippen molar-refractivity contribution >= 4 is 33.4 Å². The van der Waals surface area contributed by atoms with Gasteiger partial charge in [0.25, 0.3) is 0 Å². The topological polar surface area (TPSA) is 75.3 Å². The molecule has 8 heteroatoms. The first-order valence-corrected chi connectivity index (χ1v) is 9.80. The molecule has 0 saturated carbocycles. The van der Waals surface area contributed by atoms with Gasteiger partial charge in [0.15, 0.2) is 0 Å². The Hall–Kier alpha value is -1.90. The maximum absolute atomic E-state index is 12.8. The fourth-order valence-corrected chi connectivity index (χ4v) is 3.33. The summed E-state index contributed by atoms with van der Waals surface area (Å²) in [6.45, 7) is -0.0472. The molecule has 0 radical (unpaired) electrons. The predicted octanol–water partition coefficient (Wildman–Crippen LogP) is 2.85. The van der Waals surface area contributed by atoms with Gasteiger partial charge in [0, 0.05) is 23.5 Å². The van der Waals surface area contributed by atoms with Crippen LogP contribution in [0.1, 0.15) is 6.42 Å². The Morgan fingerprint density at radius 1 is 1.08 bits per heavy atom. The average molecular weight is 368 g/mol. The summed E-state index contributed by atoms with van der Waals surface area (Å²) in [5.74, 6) is -0.811. The third kappa shape index (κ3) is 5.33. The first kappa shape index (κ1) is 18.4. The van der Waals surface area contributed by atoms with Crippen molar-refractivity contribution in [2.24, 2.45) is 0 Å². The van der Waals surface area contributed by atoms with Gasteiger partial charge in [-0.05, 0) is 54.8 Å². The molecular weight excluding hydrogens is 351 g/mol. The zero-order valence-electron chi connectivity index (χ0n) is 13.0. The Bertz CT molecular complexity index is 791. The van der Waals surface area contributed by atoms with Crippen LogP contribution in [-0.4, -0.2) is 27.1 Å². The lowest BCUT2D eigenvalue weighted by Crippen LogP contribution is -2.27. The van der Waals surface area contributed by atoms with Gasteiger partial charge >= 0.3 is 0 Å². The van der Waals surface area contributed by atoms with E-state index in [0.29, 0.717) is 5.69 Å². The molecule has 0 bridgehead atoms. The van der Waals surface area contributed by atoms with Crippen molar-refractivity contribution in [2.75, 3.05) is 18.1 Å². The molecule has 0 aliphatic carbocycles. The summed E-state index contributed by atoms with van der Waals surface area (Å²) in [4.78, 5) is 12.9. The molecule has 1 amide bonds. The molecule has 0 spiro atoms. The third-order valence-corrected chi connectivity index (χ3v) is 5.36. The summed E-state index contributed by atoms with van der Waals surface area (Å²) < 4.78 is 39.1. The summed E-state index contributed by atoms with van der Waals surface area (Å²) in [5, 5.41) is 2.69. The monoisotopic (exact) mass is 368 g/mol. The minimum absolute atomic E-state index is 0.00922. The molecule has 5 nitrogen and oxygen atoms in total. The average Bonchev–Trinajstić information content (AvgIpc) is 2.56. The maximum atomic E-state index is 12.8. The fraction of sp³-hybridized carbons (Fsp3) is 0.188. The van der Waals surface area contributed by atoms with Gasteiger partial charge in [-0.1, -0.05) is 0 Å². The van der Waals surface area contributed by atoms with Crippen LogP contribution in [0, 0.1) is 5.82 Å². The van der Waals surface area contributed by atoms with Gasteiger partial charge in [-0.15, -0.1) is 11.8 Å². The number of hydrogen-bond acceptors (Lipinski definition) is 4. The number of hydrogen-bond donors (Lipinski definition) is 2. The van der Waals surface area contributed by atoms with Gasteiger partial charge in [0.2, 0.25) is 15.9 Å². The second-order valence-corrected chi connectivity index (χ2v) is 7.52. The van der Waals surface area contributed by atoms with E-state index in [1.54, 1.807) is 23.9 Å². The molecule has 0 aliphatic heterocycles. The maximum Gasteiger partial charge on any atom is 0.240 e. The Balaban J connectivity index is 1.84. The summed E-state index contributed by atoms with van der Waals surface area (Å²) in [7, 11) is -3.75. The number of nitrogens with one attached hydrogen (secondary N) is 2. The summed E-state index contributed by atoms with van der Waals surface area (Å²) in [6.07, 6.45) is 1.95. The van der Waals surface area contributed by atoms with Crippen LogP contribution in [0.2, 0.25) is 0 Å². The number of rotatable bonds is 7. The highest BCUT2D eigenvalue weighted by atomic mass is 32.2. The summed E-state index contributed by atoms with van der Waals surface area (Å²) >= 11 is 1.60. The van der Waals surface area contributed by atoms with Crippen molar-refractivity contribution in [3.8, 4) is 0 Å². The normalized spacial score (nSPS) is 11.2. The van der Waals surface area contributed by atoms with E-state index in [2.05, 4.69) is 10.0 Å². The van der Waals surface area contributed by atoms with Crippen molar-refractivity contribution in [3.63, 3.8) is 0 Å². The number of carbonyl (C=O) groups excluding carboxylic acids is 1. The molecule has 0 aromatic heterocycles. The number of sulfonamides is 1. The number of anilines is 1. The van der Waals surface area contributed by atoms with Gasteiger partial charge in [-0.2, -0.15) is 0 Å². The first-order chi connectivity index (χ1) is 11.4. The second kappa shape index (κ2) is 8.27. The van der Waals surface area contributed by atoms with Gasteiger partial charge in [0.05, 0.1) is 4.90 Å². The smallest absolute Gasteiger partial charge is 0.240 e.